The molecule has 0 aliphatic carbocycles. The van der Waals surface area contributed by atoms with Crippen molar-refractivity contribution in [2.24, 2.45) is 0 Å². The van der Waals surface area contributed by atoms with Gasteiger partial charge in [-0.15, -0.1) is 0 Å². The predicted octanol–water partition coefficient (Wildman–Crippen LogP) is 6.86. The first-order chi connectivity index (χ1) is 22.6. The maximum absolute atomic E-state index is 14.8. The molecule has 0 saturated carbocycles. The molecule has 0 aliphatic heterocycles. The standard InChI is InChI=1S/C35H32F3NO8/c36-29-10-3-2-9-27(29)24-17-25(34(44)39-20-22-7-1-4-11-30(22)47-35(37)38)19-26(18-24)46-21-23-8-5-12-31(28(23)14-15-33(42)43)45-16-6-13-32(40)41/h1-5,7-12,17-19,35H,6,13-16,20-21H2,(H,39,44)(H,40,41)(H,42,43). The van der Waals surface area contributed by atoms with Crippen molar-refractivity contribution in [2.45, 2.75) is 45.4 Å². The van der Waals surface area contributed by atoms with E-state index in [-0.39, 0.29) is 68.1 Å². The Balaban J connectivity index is 1.60. The highest BCUT2D eigenvalue weighted by atomic mass is 19.3. The van der Waals surface area contributed by atoms with Crippen LogP contribution in [0.2, 0.25) is 0 Å². The zero-order valence-corrected chi connectivity index (χ0v) is 25.1. The SMILES string of the molecule is O=C(O)CCCOc1cccc(COc2cc(C(=O)NCc3ccccc3OC(F)F)cc(-c3ccccc3F)c2)c1CCC(=O)O. The Kier molecular flexibility index (Phi) is 12.2. The van der Waals surface area contributed by atoms with Gasteiger partial charge in [0, 0.05) is 41.6 Å². The molecule has 0 heterocycles. The normalized spacial score (nSPS) is 10.8. The Hall–Kier alpha value is -5.52. The molecule has 4 aromatic rings. The summed E-state index contributed by atoms with van der Waals surface area (Å²) in [5, 5.41) is 20.9. The third-order valence-electron chi connectivity index (χ3n) is 6.99. The van der Waals surface area contributed by atoms with Gasteiger partial charge in [-0.2, -0.15) is 8.78 Å². The van der Waals surface area contributed by atoms with E-state index < -0.39 is 30.3 Å². The number of para-hydroxylation sites is 1. The van der Waals surface area contributed by atoms with Crippen molar-refractivity contribution in [1.82, 2.24) is 5.32 Å². The summed E-state index contributed by atoms with van der Waals surface area (Å²) in [7, 11) is 0. The summed E-state index contributed by atoms with van der Waals surface area (Å²) >= 11 is 0. The Morgan fingerprint density at radius 2 is 1.49 bits per heavy atom. The zero-order chi connectivity index (χ0) is 33.8. The molecule has 47 heavy (non-hydrogen) atoms. The van der Waals surface area contributed by atoms with E-state index in [1.807, 2.05) is 0 Å². The summed E-state index contributed by atoms with van der Waals surface area (Å²) < 4.78 is 56.9. The molecular weight excluding hydrogens is 619 g/mol. The Morgan fingerprint density at radius 1 is 0.787 bits per heavy atom. The molecule has 0 saturated heterocycles. The van der Waals surface area contributed by atoms with Crippen LogP contribution >= 0.6 is 0 Å². The van der Waals surface area contributed by atoms with Crippen molar-refractivity contribution in [3.05, 3.63) is 113 Å². The molecule has 3 N–H and O–H groups in total. The molecule has 4 aromatic carbocycles. The fourth-order valence-electron chi connectivity index (χ4n) is 4.77. The van der Waals surface area contributed by atoms with E-state index in [1.54, 1.807) is 42.5 Å². The molecule has 0 fully saturated rings. The number of hydrogen-bond acceptors (Lipinski definition) is 6. The first-order valence-electron chi connectivity index (χ1n) is 14.6. The van der Waals surface area contributed by atoms with Gasteiger partial charge in [0.1, 0.15) is 29.7 Å². The van der Waals surface area contributed by atoms with Crippen LogP contribution in [0.1, 0.15) is 46.3 Å². The molecule has 0 unspecified atom stereocenters. The second-order valence-corrected chi connectivity index (χ2v) is 10.3. The number of benzene rings is 4. The lowest BCUT2D eigenvalue weighted by atomic mass is 10.0. The smallest absolute Gasteiger partial charge is 0.387 e. The summed E-state index contributed by atoms with van der Waals surface area (Å²) in [4.78, 5) is 35.5. The number of carbonyl (C=O) groups is 3. The van der Waals surface area contributed by atoms with Gasteiger partial charge >= 0.3 is 18.6 Å². The summed E-state index contributed by atoms with van der Waals surface area (Å²) in [5.74, 6) is -2.58. The van der Waals surface area contributed by atoms with E-state index in [2.05, 4.69) is 10.1 Å². The van der Waals surface area contributed by atoms with E-state index in [0.717, 1.165) is 0 Å². The molecule has 9 nitrogen and oxygen atoms in total. The Bertz CT molecular complexity index is 1710. The van der Waals surface area contributed by atoms with Gasteiger partial charge in [-0.05, 0) is 60.4 Å². The number of carboxylic acids is 2. The zero-order valence-electron chi connectivity index (χ0n) is 25.1. The number of aliphatic carboxylic acids is 2. The number of carbonyl (C=O) groups excluding carboxylic acids is 1. The average molecular weight is 652 g/mol. The highest BCUT2D eigenvalue weighted by molar-refractivity contribution is 5.96. The van der Waals surface area contributed by atoms with Crippen LogP contribution in [0.15, 0.2) is 84.9 Å². The molecule has 0 aromatic heterocycles. The van der Waals surface area contributed by atoms with Crippen LogP contribution in [0.3, 0.4) is 0 Å². The molecule has 0 spiro atoms. The highest BCUT2D eigenvalue weighted by Crippen LogP contribution is 2.31. The van der Waals surface area contributed by atoms with Gasteiger partial charge in [0.05, 0.1) is 6.61 Å². The lowest BCUT2D eigenvalue weighted by molar-refractivity contribution is -0.138. The second-order valence-electron chi connectivity index (χ2n) is 10.3. The third kappa shape index (κ3) is 10.2. The predicted molar refractivity (Wildman–Crippen MR) is 165 cm³/mol. The van der Waals surface area contributed by atoms with E-state index in [0.29, 0.717) is 28.0 Å². The fourth-order valence-corrected chi connectivity index (χ4v) is 4.77. The van der Waals surface area contributed by atoms with Gasteiger partial charge in [-0.3, -0.25) is 14.4 Å². The minimum Gasteiger partial charge on any atom is -0.493 e. The topological polar surface area (TPSA) is 131 Å². The maximum Gasteiger partial charge on any atom is 0.387 e. The van der Waals surface area contributed by atoms with Crippen molar-refractivity contribution in [3.8, 4) is 28.4 Å². The van der Waals surface area contributed by atoms with Crippen molar-refractivity contribution >= 4 is 17.8 Å². The second kappa shape index (κ2) is 16.7. The van der Waals surface area contributed by atoms with Crippen LogP contribution in [0.4, 0.5) is 13.2 Å². The highest BCUT2D eigenvalue weighted by Gasteiger charge is 2.17. The molecule has 0 aliphatic rings. The summed E-state index contributed by atoms with van der Waals surface area (Å²) in [6, 6.07) is 21.6. The molecule has 0 atom stereocenters. The number of amides is 1. The van der Waals surface area contributed by atoms with Gasteiger partial charge in [0.25, 0.3) is 5.91 Å². The molecule has 1 amide bonds. The van der Waals surface area contributed by atoms with Crippen LogP contribution in [-0.4, -0.2) is 41.3 Å². The van der Waals surface area contributed by atoms with Crippen LogP contribution in [0, 0.1) is 5.82 Å². The minimum atomic E-state index is -3.04. The number of hydrogen-bond donors (Lipinski definition) is 3. The van der Waals surface area contributed by atoms with Gasteiger partial charge in [-0.1, -0.05) is 48.5 Å². The number of ether oxygens (including phenoxy) is 3. The van der Waals surface area contributed by atoms with Crippen LogP contribution in [0.5, 0.6) is 17.2 Å². The number of halogens is 3. The molecular formula is C35H32F3NO8. The third-order valence-corrected chi connectivity index (χ3v) is 6.99. The first kappa shape index (κ1) is 34.4. The lowest BCUT2D eigenvalue weighted by Gasteiger charge is -2.17. The molecule has 246 valence electrons. The quantitative estimate of drug-likeness (QED) is 0.106. The number of alkyl halides is 2. The molecule has 0 radical (unpaired) electrons. The van der Waals surface area contributed by atoms with E-state index in [1.165, 1.54) is 42.5 Å². The van der Waals surface area contributed by atoms with Crippen LogP contribution in [-0.2, 0) is 29.2 Å². The van der Waals surface area contributed by atoms with Crippen LogP contribution in [0.25, 0.3) is 11.1 Å². The number of rotatable bonds is 17. The monoisotopic (exact) mass is 651 g/mol. The van der Waals surface area contributed by atoms with Crippen molar-refractivity contribution in [3.63, 3.8) is 0 Å². The maximum atomic E-state index is 14.8. The first-order valence-corrected chi connectivity index (χ1v) is 14.6. The van der Waals surface area contributed by atoms with E-state index in [4.69, 9.17) is 14.6 Å². The fraction of sp³-hybridized carbons (Fsp3) is 0.229. The van der Waals surface area contributed by atoms with E-state index >= 15 is 0 Å². The summed E-state index contributed by atoms with van der Waals surface area (Å²) in [6.45, 7) is -3.13. The van der Waals surface area contributed by atoms with E-state index in [9.17, 15) is 32.7 Å². The van der Waals surface area contributed by atoms with Crippen molar-refractivity contribution in [2.75, 3.05) is 6.61 Å². The van der Waals surface area contributed by atoms with Crippen molar-refractivity contribution < 1.29 is 52.0 Å². The van der Waals surface area contributed by atoms with Gasteiger partial charge < -0.3 is 29.7 Å². The molecule has 0 bridgehead atoms. The largest absolute Gasteiger partial charge is 0.493 e. The number of carboxylic acid groups (broad SMARTS) is 2. The van der Waals surface area contributed by atoms with Crippen molar-refractivity contribution in [1.29, 1.82) is 0 Å². The summed E-state index contributed by atoms with van der Waals surface area (Å²) in [5.41, 5.74) is 2.14. The number of nitrogens with one attached hydrogen (secondary N) is 1. The van der Waals surface area contributed by atoms with Gasteiger partial charge in [0.2, 0.25) is 0 Å². The van der Waals surface area contributed by atoms with Gasteiger partial charge in [0.15, 0.2) is 0 Å². The minimum absolute atomic E-state index is 0.0681. The molecule has 12 heteroatoms. The lowest BCUT2D eigenvalue weighted by Crippen LogP contribution is -2.23. The Morgan fingerprint density at radius 3 is 2.23 bits per heavy atom. The average Bonchev–Trinajstić information content (AvgIpc) is 3.04. The van der Waals surface area contributed by atoms with Crippen LogP contribution < -0.4 is 19.5 Å². The van der Waals surface area contributed by atoms with Gasteiger partial charge in [-0.25, -0.2) is 4.39 Å². The molecule has 4 rings (SSSR count). The Labute approximate surface area is 268 Å². The summed E-state index contributed by atoms with van der Waals surface area (Å²) in [6.07, 6.45) is 0.0916.